The molecule has 1 heteroatoms. The summed E-state index contributed by atoms with van der Waals surface area (Å²) in [4.78, 5) is 0. The van der Waals surface area contributed by atoms with E-state index in [0.717, 1.165) is 16.1 Å². The van der Waals surface area contributed by atoms with Crippen LogP contribution in [0.1, 0.15) is 30.9 Å². The average Bonchev–Trinajstić information content (AvgIpc) is 1.94. The van der Waals surface area contributed by atoms with Crippen LogP contribution in [-0.2, 0) is 0 Å². The van der Waals surface area contributed by atoms with Gasteiger partial charge in [0, 0.05) is 5.02 Å². The first-order valence-electron chi connectivity index (χ1n) is 3.79. The van der Waals surface area contributed by atoms with Crippen LogP contribution in [-0.4, -0.2) is 0 Å². The van der Waals surface area contributed by atoms with Gasteiger partial charge in [0.05, 0.1) is 0 Å². The van der Waals surface area contributed by atoms with Crippen molar-refractivity contribution in [1.29, 1.82) is 0 Å². The van der Waals surface area contributed by atoms with Gasteiger partial charge in [-0.25, -0.2) is 0 Å². The van der Waals surface area contributed by atoms with Gasteiger partial charge in [-0.15, -0.1) is 0 Å². The molecule has 59 valence electrons. The van der Waals surface area contributed by atoms with Crippen LogP contribution >= 0.6 is 11.6 Å². The van der Waals surface area contributed by atoms with Crippen molar-refractivity contribution in [3.8, 4) is 0 Å². The molecule has 0 nitrogen and oxygen atoms in total. The molecule has 1 rings (SSSR count). The van der Waals surface area contributed by atoms with Crippen LogP contribution in [0.4, 0.5) is 0 Å². The summed E-state index contributed by atoms with van der Waals surface area (Å²) in [6, 6.07) is 7.05. The highest BCUT2D eigenvalue weighted by molar-refractivity contribution is 6.32. The third-order valence-corrected chi connectivity index (χ3v) is 2.23. The molecule has 0 amide bonds. The lowest BCUT2D eigenvalue weighted by Gasteiger charge is -2.08. The van der Waals surface area contributed by atoms with Gasteiger partial charge in [0.1, 0.15) is 0 Å². The molecule has 0 aliphatic rings. The number of aryl methyl sites for hydroxylation is 1. The van der Waals surface area contributed by atoms with E-state index in [1.165, 1.54) is 0 Å². The van der Waals surface area contributed by atoms with Crippen LogP contribution < -0.4 is 0 Å². The first kappa shape index (κ1) is 8.61. The van der Waals surface area contributed by atoms with E-state index in [2.05, 4.69) is 19.9 Å². The fourth-order valence-corrected chi connectivity index (χ4v) is 1.36. The average molecular weight is 168 g/mol. The van der Waals surface area contributed by atoms with Gasteiger partial charge in [-0.3, -0.25) is 0 Å². The maximum atomic E-state index is 6.06. The Kier molecular flexibility index (Phi) is 2.56. The van der Waals surface area contributed by atoms with Crippen molar-refractivity contribution < 1.29 is 0 Å². The van der Waals surface area contributed by atoms with Crippen molar-refractivity contribution in [2.24, 2.45) is 0 Å². The highest BCUT2D eigenvalue weighted by Gasteiger charge is 2.05. The zero-order chi connectivity index (χ0) is 8.43. The Balaban J connectivity index is 3.17. The second-order valence-electron chi connectivity index (χ2n) is 3.04. The van der Waals surface area contributed by atoms with Crippen LogP contribution in [0.2, 0.25) is 5.02 Å². The molecule has 1 aromatic rings. The van der Waals surface area contributed by atoms with Crippen molar-refractivity contribution in [3.63, 3.8) is 0 Å². The maximum Gasteiger partial charge on any atom is 0.0475 e. The van der Waals surface area contributed by atoms with E-state index in [0.29, 0.717) is 5.92 Å². The van der Waals surface area contributed by atoms with Crippen LogP contribution in [0.15, 0.2) is 12.1 Å². The van der Waals surface area contributed by atoms with Crippen LogP contribution in [0.3, 0.4) is 0 Å². The van der Waals surface area contributed by atoms with Gasteiger partial charge in [-0.05, 0) is 30.0 Å². The Labute approximate surface area is 73.2 Å². The van der Waals surface area contributed by atoms with Crippen molar-refractivity contribution in [2.75, 3.05) is 0 Å². The van der Waals surface area contributed by atoms with E-state index >= 15 is 0 Å². The van der Waals surface area contributed by atoms with Crippen LogP contribution in [0, 0.1) is 13.0 Å². The second-order valence-corrected chi connectivity index (χ2v) is 3.42. The van der Waals surface area contributed by atoms with Gasteiger partial charge in [-0.2, -0.15) is 0 Å². The SMILES string of the molecule is Cc1cc[c]c(C(C)C)c1Cl. The summed E-state index contributed by atoms with van der Waals surface area (Å²) in [6.45, 7) is 6.26. The molecular formula is C10H12Cl. The molecule has 0 atom stereocenters. The maximum absolute atomic E-state index is 6.06. The third kappa shape index (κ3) is 1.75. The van der Waals surface area contributed by atoms with E-state index in [-0.39, 0.29) is 0 Å². The fraction of sp³-hybridized carbons (Fsp3) is 0.400. The van der Waals surface area contributed by atoms with E-state index < -0.39 is 0 Å². The molecular weight excluding hydrogens is 156 g/mol. The topological polar surface area (TPSA) is 0 Å². The van der Waals surface area contributed by atoms with E-state index in [4.69, 9.17) is 11.6 Å². The van der Waals surface area contributed by atoms with Crippen molar-refractivity contribution in [1.82, 2.24) is 0 Å². The molecule has 0 aliphatic carbocycles. The number of hydrogen-bond donors (Lipinski definition) is 0. The monoisotopic (exact) mass is 167 g/mol. The molecule has 0 unspecified atom stereocenters. The molecule has 11 heavy (non-hydrogen) atoms. The lowest BCUT2D eigenvalue weighted by atomic mass is 10.0. The van der Waals surface area contributed by atoms with E-state index in [1.54, 1.807) is 0 Å². The molecule has 0 N–H and O–H groups in total. The number of halogens is 1. The van der Waals surface area contributed by atoms with Crippen molar-refractivity contribution >= 4 is 11.6 Å². The highest BCUT2D eigenvalue weighted by atomic mass is 35.5. The minimum atomic E-state index is 0.461. The number of benzene rings is 1. The van der Waals surface area contributed by atoms with Gasteiger partial charge < -0.3 is 0 Å². The summed E-state index contributed by atoms with van der Waals surface area (Å²) >= 11 is 6.06. The Bertz CT molecular complexity index is 251. The molecule has 1 radical (unpaired) electrons. The van der Waals surface area contributed by atoms with E-state index in [9.17, 15) is 0 Å². The highest BCUT2D eigenvalue weighted by Crippen LogP contribution is 2.25. The third-order valence-electron chi connectivity index (χ3n) is 1.73. The minimum absolute atomic E-state index is 0.461. The Morgan fingerprint density at radius 1 is 1.45 bits per heavy atom. The normalized spacial score (nSPS) is 10.6. The summed E-state index contributed by atoms with van der Waals surface area (Å²) in [6.07, 6.45) is 0. The second kappa shape index (κ2) is 3.27. The Morgan fingerprint density at radius 3 is 2.55 bits per heavy atom. The van der Waals surface area contributed by atoms with Gasteiger partial charge in [0.15, 0.2) is 0 Å². The lowest BCUT2D eigenvalue weighted by Crippen LogP contribution is -1.90. The Morgan fingerprint density at radius 2 is 2.09 bits per heavy atom. The van der Waals surface area contributed by atoms with Gasteiger partial charge in [0.2, 0.25) is 0 Å². The molecule has 0 saturated heterocycles. The van der Waals surface area contributed by atoms with Gasteiger partial charge in [-0.1, -0.05) is 37.6 Å². The van der Waals surface area contributed by atoms with Gasteiger partial charge in [0.25, 0.3) is 0 Å². The van der Waals surface area contributed by atoms with E-state index in [1.807, 2.05) is 19.1 Å². The minimum Gasteiger partial charge on any atom is -0.0837 e. The zero-order valence-corrected chi connectivity index (χ0v) is 7.87. The molecule has 0 aromatic heterocycles. The standard InChI is InChI=1S/C10H12Cl/c1-7(2)9-6-4-5-8(3)10(9)11/h4-5,7H,1-3H3. The summed E-state index contributed by atoms with van der Waals surface area (Å²) in [5.41, 5.74) is 2.25. The molecule has 0 bridgehead atoms. The molecule has 1 aromatic carbocycles. The fourth-order valence-electron chi connectivity index (χ4n) is 1.03. The zero-order valence-electron chi connectivity index (χ0n) is 7.11. The predicted octanol–water partition coefficient (Wildman–Crippen LogP) is 3.57. The number of hydrogen-bond acceptors (Lipinski definition) is 0. The summed E-state index contributed by atoms with van der Waals surface area (Å²) in [5.74, 6) is 0.461. The Hall–Kier alpha value is -0.490. The predicted molar refractivity (Wildman–Crippen MR) is 49.1 cm³/mol. The van der Waals surface area contributed by atoms with Gasteiger partial charge >= 0.3 is 0 Å². The molecule has 0 spiro atoms. The first-order valence-corrected chi connectivity index (χ1v) is 4.17. The summed E-state index contributed by atoms with van der Waals surface area (Å²) in [5, 5.41) is 0.863. The van der Waals surface area contributed by atoms with Crippen molar-refractivity contribution in [2.45, 2.75) is 26.7 Å². The number of rotatable bonds is 1. The largest absolute Gasteiger partial charge is 0.0837 e. The first-order chi connectivity index (χ1) is 5.13. The van der Waals surface area contributed by atoms with Crippen LogP contribution in [0.5, 0.6) is 0 Å². The van der Waals surface area contributed by atoms with Crippen LogP contribution in [0.25, 0.3) is 0 Å². The summed E-state index contributed by atoms with van der Waals surface area (Å²) in [7, 11) is 0. The summed E-state index contributed by atoms with van der Waals surface area (Å²) < 4.78 is 0. The smallest absolute Gasteiger partial charge is 0.0475 e. The molecule has 0 fully saturated rings. The molecule has 0 saturated carbocycles. The quantitative estimate of drug-likeness (QED) is 0.600. The lowest BCUT2D eigenvalue weighted by molar-refractivity contribution is 0.863. The molecule has 0 aliphatic heterocycles. The van der Waals surface area contributed by atoms with Crippen molar-refractivity contribution in [3.05, 3.63) is 34.3 Å². The molecule has 0 heterocycles.